The number of rotatable bonds is 2. The van der Waals surface area contributed by atoms with Gasteiger partial charge in [0.2, 0.25) is 0 Å². The third-order valence-electron chi connectivity index (χ3n) is 3.04. The maximum absolute atomic E-state index is 11.2. The number of benzene rings is 2. The van der Waals surface area contributed by atoms with Gasteiger partial charge in [0.15, 0.2) is 0 Å². The second-order valence-electron chi connectivity index (χ2n) is 4.37. The van der Waals surface area contributed by atoms with E-state index in [1.807, 2.05) is 0 Å². The fraction of sp³-hybridized carbons (Fsp3) is 0. The zero-order valence-corrected chi connectivity index (χ0v) is 11.9. The van der Waals surface area contributed by atoms with Gasteiger partial charge in [0.05, 0.1) is 10.6 Å². The lowest BCUT2D eigenvalue weighted by atomic mass is 10.2. The zero-order chi connectivity index (χ0) is 15.1. The first-order chi connectivity index (χ1) is 9.97. The molecule has 0 saturated heterocycles. The monoisotopic (exact) mass is 322 g/mol. The van der Waals surface area contributed by atoms with Crippen LogP contribution in [0.5, 0.6) is 5.75 Å². The minimum Gasteiger partial charge on any atom is -0.506 e. The molecule has 0 aliphatic carbocycles. The fourth-order valence-electron chi connectivity index (χ4n) is 2.06. The van der Waals surface area contributed by atoms with Gasteiger partial charge in [0.1, 0.15) is 22.6 Å². The number of imidazole rings is 1. The van der Waals surface area contributed by atoms with Crippen molar-refractivity contribution in [3.8, 4) is 17.1 Å². The quantitative estimate of drug-likeness (QED) is 0.667. The Kier molecular flexibility index (Phi) is 3.23. The lowest BCUT2D eigenvalue weighted by molar-refractivity contribution is 0.0699. The highest BCUT2D eigenvalue weighted by Crippen LogP contribution is 2.33. The van der Waals surface area contributed by atoms with Gasteiger partial charge < -0.3 is 15.2 Å². The fourth-order valence-corrected chi connectivity index (χ4v) is 2.56. The van der Waals surface area contributed by atoms with Crippen molar-refractivity contribution >= 4 is 40.2 Å². The number of halogens is 2. The van der Waals surface area contributed by atoms with E-state index in [0.29, 0.717) is 21.4 Å². The van der Waals surface area contributed by atoms with Crippen LogP contribution in [0.2, 0.25) is 10.0 Å². The largest absolute Gasteiger partial charge is 0.506 e. The van der Waals surface area contributed by atoms with Crippen molar-refractivity contribution < 1.29 is 15.0 Å². The van der Waals surface area contributed by atoms with Crippen molar-refractivity contribution in [3.05, 3.63) is 45.9 Å². The van der Waals surface area contributed by atoms with E-state index in [1.54, 1.807) is 18.2 Å². The lowest BCUT2D eigenvalue weighted by Crippen LogP contribution is -1.97. The number of H-pyrrole nitrogens is 1. The van der Waals surface area contributed by atoms with Crippen LogP contribution < -0.4 is 0 Å². The predicted octanol–water partition coefficient (Wildman–Crippen LogP) is 3.94. The maximum Gasteiger partial charge on any atom is 0.337 e. The number of phenols is 1. The Bertz CT molecular complexity index is 874. The minimum atomic E-state index is -1.12. The second kappa shape index (κ2) is 4.95. The van der Waals surface area contributed by atoms with Crippen LogP contribution >= 0.6 is 23.2 Å². The molecule has 0 aliphatic rings. The van der Waals surface area contributed by atoms with Gasteiger partial charge in [-0.15, -0.1) is 0 Å². The topological polar surface area (TPSA) is 86.2 Å². The standard InChI is InChI=1S/C14H8Cl2N2O3/c15-6-1-2-7(9(16)5-6)13-17-11-8(14(20)21)3-4-10(19)12(11)18-13/h1-5,19H,(H,17,18)(H,20,21). The normalized spacial score (nSPS) is 11.0. The number of carbonyl (C=O) groups is 1. The molecule has 1 heterocycles. The predicted molar refractivity (Wildman–Crippen MR) is 80.2 cm³/mol. The van der Waals surface area contributed by atoms with Crippen molar-refractivity contribution in [2.24, 2.45) is 0 Å². The van der Waals surface area contributed by atoms with E-state index in [9.17, 15) is 9.90 Å². The summed E-state index contributed by atoms with van der Waals surface area (Å²) in [5.41, 5.74) is 0.975. The number of aromatic amines is 1. The molecule has 0 fully saturated rings. The summed E-state index contributed by atoms with van der Waals surface area (Å²) in [5.74, 6) is -0.852. The Morgan fingerprint density at radius 2 is 1.95 bits per heavy atom. The molecule has 3 rings (SSSR count). The molecule has 21 heavy (non-hydrogen) atoms. The molecule has 0 atom stereocenters. The molecule has 7 heteroatoms. The number of nitrogens with one attached hydrogen (secondary N) is 1. The number of aromatic carboxylic acids is 1. The van der Waals surface area contributed by atoms with Gasteiger partial charge >= 0.3 is 5.97 Å². The number of fused-ring (bicyclic) bond motifs is 1. The van der Waals surface area contributed by atoms with Gasteiger partial charge in [-0.3, -0.25) is 0 Å². The van der Waals surface area contributed by atoms with E-state index < -0.39 is 5.97 Å². The summed E-state index contributed by atoms with van der Waals surface area (Å²) < 4.78 is 0. The van der Waals surface area contributed by atoms with Crippen molar-refractivity contribution in [3.63, 3.8) is 0 Å². The first-order valence-corrected chi connectivity index (χ1v) is 6.63. The van der Waals surface area contributed by atoms with Crippen molar-refractivity contribution in [2.75, 3.05) is 0 Å². The highest BCUT2D eigenvalue weighted by molar-refractivity contribution is 6.36. The Morgan fingerprint density at radius 3 is 2.62 bits per heavy atom. The smallest absolute Gasteiger partial charge is 0.337 e. The summed E-state index contributed by atoms with van der Waals surface area (Å²) in [6, 6.07) is 7.47. The molecule has 106 valence electrons. The number of carboxylic acid groups (broad SMARTS) is 1. The molecule has 0 bridgehead atoms. The van der Waals surface area contributed by atoms with Crippen molar-refractivity contribution in [1.82, 2.24) is 9.97 Å². The SMILES string of the molecule is O=C(O)c1ccc(O)c2[nH]c(-c3ccc(Cl)cc3Cl)nc12. The summed E-state index contributed by atoms with van der Waals surface area (Å²) in [7, 11) is 0. The Balaban J connectivity index is 2.28. The van der Waals surface area contributed by atoms with Crippen LogP contribution in [0.15, 0.2) is 30.3 Å². The van der Waals surface area contributed by atoms with Crippen LogP contribution in [0.25, 0.3) is 22.4 Å². The Morgan fingerprint density at radius 1 is 1.19 bits per heavy atom. The molecule has 5 nitrogen and oxygen atoms in total. The molecule has 2 aromatic carbocycles. The van der Waals surface area contributed by atoms with Crippen molar-refractivity contribution in [2.45, 2.75) is 0 Å². The summed E-state index contributed by atoms with van der Waals surface area (Å²) in [4.78, 5) is 18.3. The molecule has 0 radical (unpaired) electrons. The van der Waals surface area contributed by atoms with E-state index in [-0.39, 0.29) is 22.3 Å². The zero-order valence-electron chi connectivity index (χ0n) is 10.4. The molecule has 3 aromatic rings. The number of nitrogens with zero attached hydrogens (tertiary/aromatic N) is 1. The summed E-state index contributed by atoms with van der Waals surface area (Å²) in [5, 5.41) is 19.9. The van der Waals surface area contributed by atoms with Crippen LogP contribution in [0.1, 0.15) is 10.4 Å². The lowest BCUT2D eigenvalue weighted by Gasteiger charge is -2.00. The molecule has 0 aliphatic heterocycles. The van der Waals surface area contributed by atoms with Gasteiger partial charge in [0, 0.05) is 10.6 Å². The number of hydrogen-bond acceptors (Lipinski definition) is 3. The number of aromatic hydroxyl groups is 1. The minimum absolute atomic E-state index is 0.00427. The molecule has 1 aromatic heterocycles. The first-order valence-electron chi connectivity index (χ1n) is 5.88. The molecule has 0 spiro atoms. The molecule has 3 N–H and O–H groups in total. The highest BCUT2D eigenvalue weighted by Gasteiger charge is 2.17. The number of hydrogen-bond donors (Lipinski definition) is 3. The average molecular weight is 323 g/mol. The summed E-state index contributed by atoms with van der Waals surface area (Å²) >= 11 is 12.0. The molecular weight excluding hydrogens is 315 g/mol. The summed E-state index contributed by atoms with van der Waals surface area (Å²) in [6.07, 6.45) is 0. The van der Waals surface area contributed by atoms with E-state index in [0.717, 1.165) is 0 Å². The molecule has 0 amide bonds. The van der Waals surface area contributed by atoms with Crippen LogP contribution in [0.3, 0.4) is 0 Å². The molecule has 0 unspecified atom stereocenters. The van der Waals surface area contributed by atoms with Gasteiger partial charge in [-0.2, -0.15) is 0 Å². The van der Waals surface area contributed by atoms with Gasteiger partial charge in [-0.05, 0) is 30.3 Å². The number of carboxylic acids is 1. The molecule has 0 saturated carbocycles. The van der Waals surface area contributed by atoms with Gasteiger partial charge in [-0.25, -0.2) is 9.78 Å². The van der Waals surface area contributed by atoms with Gasteiger partial charge in [-0.1, -0.05) is 23.2 Å². The van der Waals surface area contributed by atoms with Crippen molar-refractivity contribution in [1.29, 1.82) is 0 Å². The Hall–Kier alpha value is -2.24. The third kappa shape index (κ3) is 2.30. The molecular formula is C14H8Cl2N2O3. The van der Waals surface area contributed by atoms with E-state index >= 15 is 0 Å². The maximum atomic E-state index is 11.2. The van der Waals surface area contributed by atoms with E-state index in [1.165, 1.54) is 12.1 Å². The van der Waals surface area contributed by atoms with Gasteiger partial charge in [0.25, 0.3) is 0 Å². The average Bonchev–Trinajstić information content (AvgIpc) is 2.84. The summed E-state index contributed by atoms with van der Waals surface area (Å²) in [6.45, 7) is 0. The third-order valence-corrected chi connectivity index (χ3v) is 3.59. The van der Waals surface area contributed by atoms with E-state index in [2.05, 4.69) is 9.97 Å². The van der Waals surface area contributed by atoms with Crippen LogP contribution in [-0.2, 0) is 0 Å². The Labute approximate surface area is 128 Å². The second-order valence-corrected chi connectivity index (χ2v) is 5.21. The van der Waals surface area contributed by atoms with Crippen LogP contribution in [0.4, 0.5) is 0 Å². The van der Waals surface area contributed by atoms with Crippen LogP contribution in [0, 0.1) is 0 Å². The first kappa shape index (κ1) is 13.7. The number of phenolic OH excluding ortho intramolecular Hbond substituents is 1. The highest BCUT2D eigenvalue weighted by atomic mass is 35.5. The van der Waals surface area contributed by atoms with E-state index in [4.69, 9.17) is 28.3 Å². The number of aromatic nitrogens is 2. The van der Waals surface area contributed by atoms with Crippen LogP contribution in [-0.4, -0.2) is 26.2 Å².